The van der Waals surface area contributed by atoms with Gasteiger partial charge in [0.1, 0.15) is 0 Å². The number of esters is 1. The van der Waals surface area contributed by atoms with Crippen LogP contribution in [0.1, 0.15) is 44.0 Å². The molecule has 4 nitrogen and oxygen atoms in total. The molecule has 0 heterocycles. The van der Waals surface area contributed by atoms with E-state index in [2.05, 4.69) is 18.7 Å². The maximum absolute atomic E-state index is 11.8. The third kappa shape index (κ3) is 3.88. The van der Waals surface area contributed by atoms with Crippen LogP contribution in [-0.2, 0) is 4.74 Å². The van der Waals surface area contributed by atoms with Crippen molar-refractivity contribution in [1.82, 2.24) is 0 Å². The van der Waals surface area contributed by atoms with E-state index in [1.807, 2.05) is 12.1 Å². The first-order valence-corrected chi connectivity index (χ1v) is 6.96. The van der Waals surface area contributed by atoms with Crippen molar-refractivity contribution in [2.24, 2.45) is 0 Å². The van der Waals surface area contributed by atoms with Gasteiger partial charge in [-0.2, -0.15) is 0 Å². The Morgan fingerprint density at radius 2 is 1.84 bits per heavy atom. The van der Waals surface area contributed by atoms with Gasteiger partial charge in [-0.1, -0.05) is 19.9 Å². The number of nitrogens with two attached hydrogens (primary N) is 1. The van der Waals surface area contributed by atoms with Gasteiger partial charge >= 0.3 is 5.97 Å². The van der Waals surface area contributed by atoms with Crippen LogP contribution in [0.3, 0.4) is 0 Å². The molecule has 1 aromatic carbocycles. The summed E-state index contributed by atoms with van der Waals surface area (Å²) in [6.07, 6.45) is 2.09. The van der Waals surface area contributed by atoms with Crippen molar-refractivity contribution < 1.29 is 9.53 Å². The van der Waals surface area contributed by atoms with E-state index >= 15 is 0 Å². The summed E-state index contributed by atoms with van der Waals surface area (Å²) in [5.41, 5.74) is 8.03. The molecule has 4 heteroatoms. The highest BCUT2D eigenvalue weighted by Crippen LogP contribution is 2.27. The molecule has 0 unspecified atom stereocenters. The van der Waals surface area contributed by atoms with Crippen LogP contribution in [0.2, 0.25) is 0 Å². The molecule has 0 saturated heterocycles. The third-order valence-electron chi connectivity index (χ3n) is 2.91. The van der Waals surface area contributed by atoms with Crippen molar-refractivity contribution in [3.05, 3.63) is 23.8 Å². The van der Waals surface area contributed by atoms with E-state index in [9.17, 15) is 4.79 Å². The fraction of sp³-hybridized carbons (Fsp3) is 0.533. The molecule has 0 aromatic heterocycles. The van der Waals surface area contributed by atoms with Gasteiger partial charge in [-0.25, -0.2) is 4.79 Å². The molecule has 0 aliphatic rings. The zero-order valence-electron chi connectivity index (χ0n) is 12.1. The average molecular weight is 264 g/mol. The van der Waals surface area contributed by atoms with Gasteiger partial charge in [-0.05, 0) is 31.9 Å². The molecule has 0 fully saturated rings. The van der Waals surface area contributed by atoms with E-state index in [1.165, 1.54) is 0 Å². The predicted octanol–water partition coefficient (Wildman–Crippen LogP) is 3.07. The van der Waals surface area contributed by atoms with Crippen LogP contribution in [0.4, 0.5) is 11.4 Å². The maximum atomic E-state index is 11.8. The number of anilines is 2. The molecule has 0 spiro atoms. The molecule has 19 heavy (non-hydrogen) atoms. The first-order chi connectivity index (χ1) is 9.15. The lowest BCUT2D eigenvalue weighted by Crippen LogP contribution is -2.26. The third-order valence-corrected chi connectivity index (χ3v) is 2.91. The van der Waals surface area contributed by atoms with E-state index in [-0.39, 0.29) is 5.97 Å². The molecule has 0 aliphatic carbocycles. The second-order valence-electron chi connectivity index (χ2n) is 4.45. The Morgan fingerprint density at radius 3 is 2.37 bits per heavy atom. The summed E-state index contributed by atoms with van der Waals surface area (Å²) in [4.78, 5) is 14.1. The normalized spacial score (nSPS) is 10.3. The van der Waals surface area contributed by atoms with Gasteiger partial charge in [-0.3, -0.25) is 0 Å². The van der Waals surface area contributed by atoms with Crippen molar-refractivity contribution in [3.8, 4) is 0 Å². The van der Waals surface area contributed by atoms with Gasteiger partial charge in [0, 0.05) is 13.1 Å². The zero-order chi connectivity index (χ0) is 14.3. The molecule has 0 atom stereocenters. The second-order valence-corrected chi connectivity index (χ2v) is 4.45. The minimum Gasteiger partial charge on any atom is -0.462 e. The highest BCUT2D eigenvalue weighted by atomic mass is 16.5. The summed E-state index contributed by atoms with van der Waals surface area (Å²) in [6.45, 7) is 8.28. The minimum absolute atomic E-state index is 0.352. The van der Waals surface area contributed by atoms with Crippen LogP contribution < -0.4 is 10.6 Å². The Balaban J connectivity index is 3.07. The molecule has 0 saturated carbocycles. The first kappa shape index (κ1) is 15.3. The van der Waals surface area contributed by atoms with Crippen molar-refractivity contribution in [3.63, 3.8) is 0 Å². The number of benzene rings is 1. The van der Waals surface area contributed by atoms with Gasteiger partial charge < -0.3 is 15.4 Å². The second kappa shape index (κ2) is 7.67. The predicted molar refractivity (Wildman–Crippen MR) is 79.6 cm³/mol. The van der Waals surface area contributed by atoms with Crippen molar-refractivity contribution >= 4 is 17.3 Å². The fourth-order valence-corrected chi connectivity index (χ4v) is 2.11. The number of hydrogen-bond donors (Lipinski definition) is 1. The summed E-state index contributed by atoms with van der Waals surface area (Å²) < 4.78 is 5.03. The van der Waals surface area contributed by atoms with Crippen LogP contribution in [0.5, 0.6) is 0 Å². The van der Waals surface area contributed by atoms with E-state index < -0.39 is 0 Å². The maximum Gasteiger partial charge on any atom is 0.340 e. The number of nitrogens with zero attached hydrogens (tertiary/aromatic N) is 1. The van der Waals surface area contributed by atoms with Crippen LogP contribution in [0, 0.1) is 0 Å². The average Bonchev–Trinajstić information content (AvgIpc) is 2.39. The van der Waals surface area contributed by atoms with Crippen molar-refractivity contribution in [2.45, 2.75) is 33.6 Å². The Hall–Kier alpha value is -1.71. The largest absolute Gasteiger partial charge is 0.462 e. The number of ether oxygens (including phenoxy) is 1. The quantitative estimate of drug-likeness (QED) is 0.607. The number of para-hydroxylation sites is 1. The SMILES string of the molecule is CCCN(CCC)c1cccc(C(=O)OCC)c1N. The van der Waals surface area contributed by atoms with Crippen LogP contribution >= 0.6 is 0 Å². The number of carbonyl (C=O) groups is 1. The standard InChI is InChI=1S/C15H24N2O2/c1-4-10-17(11-5-2)13-9-7-8-12(14(13)16)15(18)19-6-3/h7-9H,4-6,10-11,16H2,1-3H3. The Kier molecular flexibility index (Phi) is 6.19. The number of nitrogen functional groups attached to an aromatic ring is 1. The molecular formula is C15H24N2O2. The fourth-order valence-electron chi connectivity index (χ4n) is 2.11. The summed E-state index contributed by atoms with van der Waals surface area (Å²) in [6, 6.07) is 5.53. The molecule has 1 aromatic rings. The molecular weight excluding hydrogens is 240 g/mol. The lowest BCUT2D eigenvalue weighted by Gasteiger charge is -2.26. The van der Waals surface area contributed by atoms with Crippen molar-refractivity contribution in [1.29, 1.82) is 0 Å². The van der Waals surface area contributed by atoms with Crippen molar-refractivity contribution in [2.75, 3.05) is 30.3 Å². The molecule has 0 radical (unpaired) electrons. The molecule has 0 amide bonds. The number of rotatable bonds is 7. The Labute approximate surface area is 115 Å². The minimum atomic E-state index is -0.352. The smallest absolute Gasteiger partial charge is 0.340 e. The van der Waals surface area contributed by atoms with Gasteiger partial charge in [0.25, 0.3) is 0 Å². The highest BCUT2D eigenvalue weighted by molar-refractivity contribution is 5.98. The molecule has 0 bridgehead atoms. The number of hydrogen-bond acceptors (Lipinski definition) is 4. The summed E-state index contributed by atoms with van der Waals surface area (Å²) in [5, 5.41) is 0. The van der Waals surface area contributed by atoms with E-state index in [0.29, 0.717) is 17.9 Å². The monoisotopic (exact) mass is 264 g/mol. The van der Waals surface area contributed by atoms with Gasteiger partial charge in [-0.15, -0.1) is 0 Å². The van der Waals surface area contributed by atoms with Gasteiger partial charge in [0.2, 0.25) is 0 Å². The summed E-state index contributed by atoms with van der Waals surface area (Å²) in [7, 11) is 0. The van der Waals surface area contributed by atoms with E-state index in [1.54, 1.807) is 13.0 Å². The molecule has 106 valence electrons. The molecule has 2 N–H and O–H groups in total. The first-order valence-electron chi connectivity index (χ1n) is 6.96. The van der Waals surface area contributed by atoms with Crippen LogP contribution in [0.25, 0.3) is 0 Å². The number of carbonyl (C=O) groups excluding carboxylic acids is 1. The lowest BCUT2D eigenvalue weighted by molar-refractivity contribution is 0.0527. The van der Waals surface area contributed by atoms with E-state index in [4.69, 9.17) is 10.5 Å². The highest BCUT2D eigenvalue weighted by Gasteiger charge is 2.16. The van der Waals surface area contributed by atoms with Crippen LogP contribution in [-0.4, -0.2) is 25.7 Å². The molecule has 0 aliphatic heterocycles. The van der Waals surface area contributed by atoms with Gasteiger partial charge in [0.05, 0.1) is 23.5 Å². The van der Waals surface area contributed by atoms with Gasteiger partial charge in [0.15, 0.2) is 0 Å². The van der Waals surface area contributed by atoms with Crippen LogP contribution in [0.15, 0.2) is 18.2 Å². The molecule has 1 rings (SSSR count). The Bertz CT molecular complexity index is 413. The summed E-state index contributed by atoms with van der Waals surface area (Å²) >= 11 is 0. The zero-order valence-corrected chi connectivity index (χ0v) is 12.1. The van der Waals surface area contributed by atoms with E-state index in [0.717, 1.165) is 31.6 Å². The summed E-state index contributed by atoms with van der Waals surface area (Å²) in [5.74, 6) is -0.352. The topological polar surface area (TPSA) is 55.6 Å². The lowest BCUT2D eigenvalue weighted by atomic mass is 10.1. The Morgan fingerprint density at radius 1 is 1.21 bits per heavy atom.